The number of anilines is 1. The standard InChI is InChI=1S/C15H19ClN6/c1-18-14(17)22-15-20-11-6-5-9(16)8-10(11)13(21-15)12-4-2-3-7-19-12/h5-6,8,12,19H,2-4,7H2,1H3,(H3,17,18,20,21,22). The minimum absolute atomic E-state index is 0.207. The first kappa shape index (κ1) is 15.0. The van der Waals surface area contributed by atoms with Crippen LogP contribution < -0.4 is 16.4 Å². The second kappa shape index (κ2) is 6.46. The normalized spacial score (nSPS) is 19.4. The lowest BCUT2D eigenvalue weighted by atomic mass is 9.99. The van der Waals surface area contributed by atoms with E-state index in [0.29, 0.717) is 11.0 Å². The Hall–Kier alpha value is -1.92. The SMILES string of the molecule is CN=C(N)Nc1nc(C2CCCCN2)c2cc(Cl)ccc2n1. The third-order valence-corrected chi connectivity index (χ3v) is 4.04. The van der Waals surface area contributed by atoms with Gasteiger partial charge in [-0.1, -0.05) is 18.0 Å². The molecule has 4 N–H and O–H groups in total. The van der Waals surface area contributed by atoms with E-state index < -0.39 is 0 Å². The van der Waals surface area contributed by atoms with Crippen molar-refractivity contribution in [3.8, 4) is 0 Å². The van der Waals surface area contributed by atoms with Crippen LogP contribution in [0.25, 0.3) is 10.9 Å². The summed E-state index contributed by atoms with van der Waals surface area (Å²) in [5, 5.41) is 8.10. The number of nitrogens with two attached hydrogens (primary N) is 1. The quantitative estimate of drug-likeness (QED) is 0.584. The van der Waals surface area contributed by atoms with Gasteiger partial charge in [-0.2, -0.15) is 0 Å². The molecule has 1 fully saturated rings. The molecule has 0 radical (unpaired) electrons. The van der Waals surface area contributed by atoms with Gasteiger partial charge < -0.3 is 11.1 Å². The van der Waals surface area contributed by atoms with Crippen molar-refractivity contribution in [2.45, 2.75) is 25.3 Å². The zero-order valence-corrected chi connectivity index (χ0v) is 13.2. The van der Waals surface area contributed by atoms with E-state index in [9.17, 15) is 0 Å². The molecule has 1 aromatic heterocycles. The van der Waals surface area contributed by atoms with E-state index in [1.165, 1.54) is 12.8 Å². The number of piperidine rings is 1. The maximum absolute atomic E-state index is 6.15. The molecule has 0 bridgehead atoms. The molecule has 6 nitrogen and oxygen atoms in total. The summed E-state index contributed by atoms with van der Waals surface area (Å²) in [5.41, 5.74) is 7.52. The molecule has 116 valence electrons. The average Bonchev–Trinajstić information content (AvgIpc) is 2.55. The predicted molar refractivity (Wildman–Crippen MR) is 90.3 cm³/mol. The maximum atomic E-state index is 6.15. The molecule has 1 aliphatic rings. The number of nitrogens with zero attached hydrogens (tertiary/aromatic N) is 3. The van der Waals surface area contributed by atoms with E-state index >= 15 is 0 Å². The topological polar surface area (TPSA) is 88.2 Å². The Labute approximate surface area is 134 Å². The molecule has 0 saturated carbocycles. The van der Waals surface area contributed by atoms with Crippen molar-refractivity contribution in [2.75, 3.05) is 18.9 Å². The second-order valence-electron chi connectivity index (χ2n) is 5.33. The van der Waals surface area contributed by atoms with Gasteiger partial charge in [0.15, 0.2) is 5.96 Å². The molecule has 0 spiro atoms. The van der Waals surface area contributed by atoms with Gasteiger partial charge in [0.1, 0.15) is 0 Å². The van der Waals surface area contributed by atoms with Crippen LogP contribution in [-0.4, -0.2) is 29.5 Å². The summed E-state index contributed by atoms with van der Waals surface area (Å²) < 4.78 is 0. The molecule has 1 aromatic carbocycles. The van der Waals surface area contributed by atoms with Crippen molar-refractivity contribution < 1.29 is 0 Å². The Balaban J connectivity index is 2.10. The molecule has 3 rings (SSSR count). The number of halogens is 1. The first-order valence-corrected chi connectivity index (χ1v) is 7.75. The van der Waals surface area contributed by atoms with Crippen molar-refractivity contribution in [1.29, 1.82) is 0 Å². The molecule has 1 saturated heterocycles. The van der Waals surface area contributed by atoms with Crippen LogP contribution in [-0.2, 0) is 0 Å². The summed E-state index contributed by atoms with van der Waals surface area (Å²) in [6.07, 6.45) is 3.43. The fourth-order valence-electron chi connectivity index (χ4n) is 2.70. The molecular formula is C15H19ClN6. The predicted octanol–water partition coefficient (Wildman–Crippen LogP) is 2.45. The first-order valence-electron chi connectivity index (χ1n) is 7.37. The van der Waals surface area contributed by atoms with E-state index in [4.69, 9.17) is 17.3 Å². The number of hydrogen-bond donors (Lipinski definition) is 3. The Morgan fingerprint density at radius 3 is 3.00 bits per heavy atom. The van der Waals surface area contributed by atoms with E-state index in [1.54, 1.807) is 7.05 Å². The lowest BCUT2D eigenvalue weighted by Gasteiger charge is -2.24. The van der Waals surface area contributed by atoms with Crippen LogP contribution in [0.1, 0.15) is 31.0 Å². The molecule has 1 aliphatic heterocycles. The number of guanidine groups is 1. The highest BCUT2D eigenvalue weighted by Crippen LogP contribution is 2.30. The highest BCUT2D eigenvalue weighted by atomic mass is 35.5. The highest BCUT2D eigenvalue weighted by molar-refractivity contribution is 6.31. The number of hydrogen-bond acceptors (Lipinski definition) is 4. The van der Waals surface area contributed by atoms with Crippen LogP contribution in [0.5, 0.6) is 0 Å². The number of aliphatic imine (C=N–C) groups is 1. The van der Waals surface area contributed by atoms with Crippen molar-refractivity contribution in [2.24, 2.45) is 10.7 Å². The summed E-state index contributed by atoms with van der Waals surface area (Å²) in [4.78, 5) is 13.0. The zero-order valence-electron chi connectivity index (χ0n) is 12.4. The molecule has 1 unspecified atom stereocenters. The fraction of sp³-hybridized carbons (Fsp3) is 0.400. The molecule has 2 aromatic rings. The first-order chi connectivity index (χ1) is 10.7. The zero-order chi connectivity index (χ0) is 15.5. The van der Waals surface area contributed by atoms with Crippen molar-refractivity contribution in [3.05, 3.63) is 28.9 Å². The monoisotopic (exact) mass is 318 g/mol. The Kier molecular flexibility index (Phi) is 4.40. The Morgan fingerprint density at radius 1 is 1.41 bits per heavy atom. The summed E-state index contributed by atoms with van der Waals surface area (Å²) in [5.74, 6) is 0.746. The van der Waals surface area contributed by atoms with Gasteiger partial charge in [-0.15, -0.1) is 0 Å². The number of rotatable bonds is 2. The molecule has 7 heteroatoms. The Bertz CT molecular complexity index is 708. The molecule has 2 heterocycles. The van der Waals surface area contributed by atoms with Crippen LogP contribution in [0.3, 0.4) is 0 Å². The number of nitrogens with one attached hydrogen (secondary N) is 2. The minimum atomic E-state index is 0.207. The molecule has 1 atom stereocenters. The van der Waals surface area contributed by atoms with Gasteiger partial charge in [0, 0.05) is 17.5 Å². The van der Waals surface area contributed by atoms with E-state index in [0.717, 1.165) is 29.6 Å². The third-order valence-electron chi connectivity index (χ3n) is 3.81. The second-order valence-corrected chi connectivity index (χ2v) is 5.77. The van der Waals surface area contributed by atoms with E-state index in [-0.39, 0.29) is 12.0 Å². The van der Waals surface area contributed by atoms with Crippen LogP contribution in [0.15, 0.2) is 23.2 Å². The van der Waals surface area contributed by atoms with Gasteiger partial charge in [0.2, 0.25) is 5.95 Å². The van der Waals surface area contributed by atoms with Crippen LogP contribution >= 0.6 is 11.6 Å². The minimum Gasteiger partial charge on any atom is -0.370 e. The molecule has 22 heavy (non-hydrogen) atoms. The largest absolute Gasteiger partial charge is 0.370 e. The summed E-state index contributed by atoms with van der Waals surface area (Å²) in [7, 11) is 1.62. The average molecular weight is 319 g/mol. The molecular weight excluding hydrogens is 300 g/mol. The van der Waals surface area contributed by atoms with Gasteiger partial charge in [-0.25, -0.2) is 9.97 Å². The molecule has 0 aliphatic carbocycles. The van der Waals surface area contributed by atoms with Gasteiger partial charge in [-0.3, -0.25) is 10.3 Å². The summed E-state index contributed by atoms with van der Waals surface area (Å²) >= 11 is 6.15. The van der Waals surface area contributed by atoms with Crippen molar-refractivity contribution in [3.63, 3.8) is 0 Å². The smallest absolute Gasteiger partial charge is 0.230 e. The van der Waals surface area contributed by atoms with Gasteiger partial charge in [0.05, 0.1) is 17.3 Å². The van der Waals surface area contributed by atoms with Crippen LogP contribution in [0, 0.1) is 0 Å². The van der Waals surface area contributed by atoms with Crippen LogP contribution in [0.4, 0.5) is 5.95 Å². The number of fused-ring (bicyclic) bond motifs is 1. The molecule has 0 amide bonds. The van der Waals surface area contributed by atoms with Crippen molar-refractivity contribution >= 4 is 34.4 Å². The lowest BCUT2D eigenvalue weighted by Crippen LogP contribution is -2.29. The fourth-order valence-corrected chi connectivity index (χ4v) is 2.87. The maximum Gasteiger partial charge on any atom is 0.230 e. The van der Waals surface area contributed by atoms with Gasteiger partial charge >= 0.3 is 0 Å². The third kappa shape index (κ3) is 3.13. The number of aromatic nitrogens is 2. The Morgan fingerprint density at radius 2 is 2.27 bits per heavy atom. The van der Waals surface area contributed by atoms with Gasteiger partial charge in [-0.05, 0) is 37.6 Å². The summed E-state index contributed by atoms with van der Waals surface area (Å²) in [6.45, 7) is 0.998. The van der Waals surface area contributed by atoms with Gasteiger partial charge in [0.25, 0.3) is 0 Å². The summed E-state index contributed by atoms with van der Waals surface area (Å²) in [6, 6.07) is 5.86. The van der Waals surface area contributed by atoms with Crippen LogP contribution in [0.2, 0.25) is 5.02 Å². The van der Waals surface area contributed by atoms with Crippen molar-refractivity contribution in [1.82, 2.24) is 15.3 Å². The van der Waals surface area contributed by atoms with E-state index in [2.05, 4.69) is 25.6 Å². The van der Waals surface area contributed by atoms with E-state index in [1.807, 2.05) is 18.2 Å². The lowest BCUT2D eigenvalue weighted by molar-refractivity contribution is 0.407. The highest BCUT2D eigenvalue weighted by Gasteiger charge is 2.20. The number of benzene rings is 1.